The molecule has 146 valence electrons. The SMILES string of the molecule is Cc1ccc(N=C(CC(C)C)C2=C([O][Sn]([CH3])([CH3])[Cl])c3ccccc3C2=O)cc1. The molecule has 3 nitrogen and oxygen atoms in total. The number of aryl methyl sites for hydroxylation is 1. The Morgan fingerprint density at radius 1 is 1.07 bits per heavy atom. The van der Waals surface area contributed by atoms with Crippen LogP contribution >= 0.6 is 8.92 Å². The van der Waals surface area contributed by atoms with E-state index in [1.54, 1.807) is 0 Å². The maximum atomic E-state index is 13.3. The van der Waals surface area contributed by atoms with Crippen LogP contribution in [0.1, 0.15) is 41.8 Å². The molecule has 5 heteroatoms. The number of halogens is 1. The van der Waals surface area contributed by atoms with Gasteiger partial charge in [-0.3, -0.25) is 0 Å². The van der Waals surface area contributed by atoms with Crippen molar-refractivity contribution in [3.05, 3.63) is 70.8 Å². The van der Waals surface area contributed by atoms with Crippen LogP contribution in [0.4, 0.5) is 5.69 Å². The molecular formula is C23H26ClNO2Sn. The van der Waals surface area contributed by atoms with Gasteiger partial charge in [0.05, 0.1) is 0 Å². The zero-order valence-electron chi connectivity index (χ0n) is 17.0. The molecule has 0 aliphatic heterocycles. The normalized spacial score (nSPS) is 14.7. The monoisotopic (exact) mass is 503 g/mol. The number of hydrogen-bond acceptors (Lipinski definition) is 3. The molecule has 0 atom stereocenters. The third-order valence-corrected chi connectivity index (χ3v) is 6.89. The van der Waals surface area contributed by atoms with E-state index in [1.165, 1.54) is 5.56 Å². The van der Waals surface area contributed by atoms with Gasteiger partial charge in [-0.2, -0.15) is 0 Å². The van der Waals surface area contributed by atoms with E-state index >= 15 is 0 Å². The van der Waals surface area contributed by atoms with Crippen LogP contribution in [0.5, 0.6) is 0 Å². The first kappa shape index (κ1) is 21.1. The Bertz CT molecular complexity index is 953. The Labute approximate surface area is 175 Å². The molecule has 0 spiro atoms. The van der Waals surface area contributed by atoms with Crippen molar-refractivity contribution >= 4 is 49.5 Å². The fourth-order valence-corrected chi connectivity index (χ4v) is 5.74. The number of carbonyl (C=O) groups is 1. The van der Waals surface area contributed by atoms with Crippen molar-refractivity contribution in [1.29, 1.82) is 0 Å². The van der Waals surface area contributed by atoms with E-state index in [9.17, 15) is 4.79 Å². The molecule has 1 aliphatic rings. The van der Waals surface area contributed by atoms with Crippen LogP contribution in [0.3, 0.4) is 0 Å². The van der Waals surface area contributed by atoms with Gasteiger partial charge in [0, 0.05) is 0 Å². The van der Waals surface area contributed by atoms with Crippen LogP contribution in [-0.2, 0) is 3.07 Å². The van der Waals surface area contributed by atoms with Gasteiger partial charge >= 0.3 is 176 Å². The number of fused-ring (bicyclic) bond motifs is 1. The van der Waals surface area contributed by atoms with Crippen LogP contribution in [0, 0.1) is 12.8 Å². The van der Waals surface area contributed by atoms with Crippen molar-refractivity contribution in [1.82, 2.24) is 0 Å². The first-order valence-electron chi connectivity index (χ1n) is 9.56. The summed E-state index contributed by atoms with van der Waals surface area (Å²) in [4.78, 5) is 22.2. The quantitative estimate of drug-likeness (QED) is 0.327. The van der Waals surface area contributed by atoms with E-state index in [4.69, 9.17) is 17.0 Å². The van der Waals surface area contributed by atoms with Crippen molar-refractivity contribution in [2.75, 3.05) is 0 Å². The van der Waals surface area contributed by atoms with Crippen LogP contribution in [0.15, 0.2) is 59.1 Å². The van der Waals surface area contributed by atoms with Crippen LogP contribution in [0.2, 0.25) is 9.88 Å². The summed E-state index contributed by atoms with van der Waals surface area (Å²) in [7, 11) is 6.58. The minimum atomic E-state index is -3.21. The van der Waals surface area contributed by atoms with E-state index in [0.29, 0.717) is 29.2 Å². The van der Waals surface area contributed by atoms with Crippen molar-refractivity contribution in [3.63, 3.8) is 0 Å². The summed E-state index contributed by atoms with van der Waals surface area (Å²) in [6.07, 6.45) is 0.689. The fraction of sp³-hybridized carbons (Fsp3) is 0.304. The summed E-state index contributed by atoms with van der Waals surface area (Å²) in [5.74, 6) is 0.939. The van der Waals surface area contributed by atoms with E-state index in [-0.39, 0.29) is 5.78 Å². The summed E-state index contributed by atoms with van der Waals surface area (Å²) < 4.78 is 6.28. The number of nitrogens with zero attached hydrogens (tertiary/aromatic N) is 1. The second-order valence-corrected chi connectivity index (χ2v) is 22.5. The van der Waals surface area contributed by atoms with Gasteiger partial charge in [-0.1, -0.05) is 0 Å². The first-order valence-corrected chi connectivity index (χ1v) is 20.1. The van der Waals surface area contributed by atoms with Gasteiger partial charge in [0.15, 0.2) is 0 Å². The standard InChI is InChI=1S/C21H21NO2.2CH3.ClH.Sn/c1-13(2)12-18(22-15-10-8-14(3)9-11-15)19-20(23)16-6-4-5-7-17(16)21(19)24;;;;/h4-11,13,23H,12H2,1-3H3;2*1H3;1H;/q;;;;+2/p-2. The Morgan fingerprint density at radius 3 is 2.25 bits per heavy atom. The number of allylic oxidation sites excluding steroid dienone is 1. The van der Waals surface area contributed by atoms with Crippen LogP contribution in [-0.4, -0.2) is 29.2 Å². The zero-order chi connectivity index (χ0) is 20.5. The van der Waals surface area contributed by atoms with Crippen molar-refractivity contribution in [2.45, 2.75) is 37.1 Å². The number of hydrogen-bond donors (Lipinski definition) is 0. The van der Waals surface area contributed by atoms with E-state index in [0.717, 1.165) is 17.0 Å². The van der Waals surface area contributed by atoms with Gasteiger partial charge in [0.2, 0.25) is 0 Å². The van der Waals surface area contributed by atoms with Gasteiger partial charge in [-0.15, -0.1) is 0 Å². The molecule has 0 amide bonds. The van der Waals surface area contributed by atoms with E-state index < -0.39 is 17.7 Å². The Kier molecular flexibility index (Phi) is 6.35. The summed E-state index contributed by atoms with van der Waals surface area (Å²) in [5, 5.41) is 0. The Morgan fingerprint density at radius 2 is 1.68 bits per heavy atom. The molecule has 2 aromatic carbocycles. The average Bonchev–Trinajstić information content (AvgIpc) is 2.87. The van der Waals surface area contributed by atoms with Crippen molar-refractivity contribution < 1.29 is 7.87 Å². The molecule has 1 aliphatic carbocycles. The third-order valence-electron chi connectivity index (χ3n) is 4.40. The predicted octanol–water partition coefficient (Wildman–Crippen LogP) is 6.68. The Hall–Kier alpha value is -1.59. The van der Waals surface area contributed by atoms with Gasteiger partial charge in [-0.05, 0) is 0 Å². The number of ketones is 1. The van der Waals surface area contributed by atoms with Crippen LogP contribution in [0.25, 0.3) is 5.76 Å². The molecule has 3 rings (SSSR count). The van der Waals surface area contributed by atoms with E-state index in [1.807, 2.05) is 65.3 Å². The summed E-state index contributed by atoms with van der Waals surface area (Å²) in [6.45, 7) is 6.30. The second kappa shape index (κ2) is 8.42. The van der Waals surface area contributed by atoms with Crippen LogP contribution < -0.4 is 0 Å². The van der Waals surface area contributed by atoms with E-state index in [2.05, 4.69) is 13.8 Å². The van der Waals surface area contributed by atoms with Crippen molar-refractivity contribution in [3.8, 4) is 0 Å². The fourth-order valence-electron chi connectivity index (χ4n) is 3.23. The predicted molar refractivity (Wildman–Crippen MR) is 120 cm³/mol. The zero-order valence-corrected chi connectivity index (χ0v) is 20.7. The molecule has 28 heavy (non-hydrogen) atoms. The average molecular weight is 503 g/mol. The summed E-state index contributed by atoms with van der Waals surface area (Å²) in [5.41, 5.74) is 4.84. The summed E-state index contributed by atoms with van der Waals surface area (Å²) >= 11 is -3.21. The molecule has 0 saturated carbocycles. The summed E-state index contributed by atoms with van der Waals surface area (Å²) in [6, 6.07) is 15.6. The molecule has 0 fully saturated rings. The molecule has 0 N–H and O–H groups in total. The number of Topliss-reactive ketones (excluding diaryl/α,β-unsaturated/α-hetero) is 1. The molecular weight excluding hydrogens is 476 g/mol. The Balaban J connectivity index is 2.19. The molecule has 0 bridgehead atoms. The van der Waals surface area contributed by atoms with Gasteiger partial charge in [0.25, 0.3) is 0 Å². The van der Waals surface area contributed by atoms with Crippen molar-refractivity contribution in [2.24, 2.45) is 10.9 Å². The molecule has 0 radical (unpaired) electrons. The molecule has 0 unspecified atom stereocenters. The maximum absolute atomic E-state index is 13.3. The third kappa shape index (κ3) is 4.87. The van der Waals surface area contributed by atoms with Gasteiger partial charge in [-0.25, -0.2) is 0 Å². The number of aliphatic imine (C=N–C) groups is 1. The minimum absolute atomic E-state index is 0.0238. The number of carbonyl (C=O) groups excluding carboxylic acids is 1. The molecule has 2 aromatic rings. The molecule has 0 heterocycles. The molecule has 0 aromatic heterocycles. The first-order chi connectivity index (χ1) is 13.2. The molecule has 0 saturated heterocycles. The van der Waals surface area contributed by atoms with Gasteiger partial charge < -0.3 is 0 Å². The number of rotatable bonds is 6. The second-order valence-electron chi connectivity index (χ2n) is 8.04. The number of benzene rings is 2. The topological polar surface area (TPSA) is 38.7 Å². The van der Waals surface area contributed by atoms with Gasteiger partial charge in [0.1, 0.15) is 0 Å².